The van der Waals surface area contributed by atoms with Gasteiger partial charge in [-0.15, -0.1) is 0 Å². The minimum atomic E-state index is -0.329. The second-order valence-electron chi connectivity index (χ2n) is 7.54. The number of rotatable bonds is 8. The lowest BCUT2D eigenvalue weighted by molar-refractivity contribution is 0.0792. The van der Waals surface area contributed by atoms with Crippen molar-refractivity contribution in [1.82, 2.24) is 10.2 Å². The molecule has 2 N–H and O–H groups in total. The van der Waals surface area contributed by atoms with Crippen molar-refractivity contribution in [2.45, 2.75) is 39.0 Å². The number of anilines is 1. The van der Waals surface area contributed by atoms with Crippen LogP contribution in [-0.2, 0) is 0 Å². The fourth-order valence-corrected chi connectivity index (χ4v) is 3.66. The number of carbonyl (C=O) groups is 2. The standard InChI is InChI=1S/C24H29N3O3S/c1-2-3-8-17-30-21-10-5-4-9-20(21)22(28)26-24(31)25-19-13-11-18(12-14-19)23(29)27-15-6-7-16-27/h4-5,9-14H,2-3,6-8,15-17H2,1H3,(H2,25,26,28,31). The third-order valence-electron chi connectivity index (χ3n) is 5.15. The minimum absolute atomic E-state index is 0.0514. The second-order valence-corrected chi connectivity index (χ2v) is 7.94. The molecule has 1 fully saturated rings. The third-order valence-corrected chi connectivity index (χ3v) is 5.35. The van der Waals surface area contributed by atoms with Crippen molar-refractivity contribution in [1.29, 1.82) is 0 Å². The number of thiocarbonyl (C=S) groups is 1. The zero-order chi connectivity index (χ0) is 22.1. The van der Waals surface area contributed by atoms with Gasteiger partial charge in [0.15, 0.2) is 5.11 Å². The molecule has 1 aliphatic rings. The van der Waals surface area contributed by atoms with E-state index < -0.39 is 0 Å². The third kappa shape index (κ3) is 6.52. The van der Waals surface area contributed by atoms with Crippen molar-refractivity contribution < 1.29 is 14.3 Å². The van der Waals surface area contributed by atoms with Gasteiger partial charge in [-0.25, -0.2) is 0 Å². The molecule has 0 aromatic heterocycles. The molecule has 7 heteroatoms. The Bertz CT molecular complexity index is 909. The molecule has 2 aromatic carbocycles. The molecular weight excluding hydrogens is 410 g/mol. The first-order chi connectivity index (χ1) is 15.1. The molecule has 1 saturated heterocycles. The van der Waals surface area contributed by atoms with Crippen LogP contribution in [0.5, 0.6) is 5.75 Å². The fourth-order valence-electron chi connectivity index (χ4n) is 3.45. The lowest BCUT2D eigenvalue weighted by Gasteiger charge is -2.16. The molecule has 0 atom stereocenters. The van der Waals surface area contributed by atoms with Crippen molar-refractivity contribution in [3.8, 4) is 5.75 Å². The highest BCUT2D eigenvalue weighted by atomic mass is 32.1. The van der Waals surface area contributed by atoms with Crippen LogP contribution in [-0.4, -0.2) is 41.5 Å². The topological polar surface area (TPSA) is 70.7 Å². The summed E-state index contributed by atoms with van der Waals surface area (Å²) in [6.07, 6.45) is 5.27. The lowest BCUT2D eigenvalue weighted by Crippen LogP contribution is -2.34. The van der Waals surface area contributed by atoms with Crippen LogP contribution in [0.3, 0.4) is 0 Å². The fraction of sp³-hybridized carbons (Fsp3) is 0.375. The number of carbonyl (C=O) groups excluding carboxylic acids is 2. The molecule has 0 bridgehead atoms. The minimum Gasteiger partial charge on any atom is -0.493 e. The van der Waals surface area contributed by atoms with Crippen molar-refractivity contribution >= 4 is 34.8 Å². The maximum Gasteiger partial charge on any atom is 0.261 e. The van der Waals surface area contributed by atoms with Gasteiger partial charge in [-0.05, 0) is 67.9 Å². The Morgan fingerprint density at radius 3 is 2.45 bits per heavy atom. The Morgan fingerprint density at radius 1 is 1.03 bits per heavy atom. The Labute approximate surface area is 189 Å². The number of amides is 2. The SMILES string of the molecule is CCCCCOc1ccccc1C(=O)NC(=S)Nc1ccc(C(=O)N2CCCC2)cc1. The van der Waals surface area contributed by atoms with E-state index in [2.05, 4.69) is 17.6 Å². The summed E-state index contributed by atoms with van der Waals surface area (Å²) in [5.74, 6) is 0.267. The van der Waals surface area contributed by atoms with Gasteiger partial charge in [0.1, 0.15) is 5.75 Å². The summed E-state index contributed by atoms with van der Waals surface area (Å²) >= 11 is 5.29. The molecule has 2 amide bonds. The molecule has 1 heterocycles. The molecule has 1 aliphatic heterocycles. The van der Waals surface area contributed by atoms with Gasteiger partial charge in [-0.3, -0.25) is 14.9 Å². The van der Waals surface area contributed by atoms with Crippen molar-refractivity contribution in [2.24, 2.45) is 0 Å². The van der Waals surface area contributed by atoms with E-state index in [4.69, 9.17) is 17.0 Å². The maximum absolute atomic E-state index is 12.7. The summed E-state index contributed by atoms with van der Waals surface area (Å²) in [5.41, 5.74) is 1.79. The van der Waals surface area contributed by atoms with Crippen LogP contribution in [0.2, 0.25) is 0 Å². The molecular formula is C24H29N3O3S. The Kier molecular flexibility index (Phi) is 8.41. The highest BCUT2D eigenvalue weighted by molar-refractivity contribution is 7.80. The number of nitrogens with zero attached hydrogens (tertiary/aromatic N) is 1. The second kappa shape index (κ2) is 11.5. The summed E-state index contributed by atoms with van der Waals surface area (Å²) in [6, 6.07) is 14.2. The monoisotopic (exact) mass is 439 g/mol. The first-order valence-corrected chi connectivity index (χ1v) is 11.2. The first-order valence-electron chi connectivity index (χ1n) is 10.8. The van der Waals surface area contributed by atoms with Crippen molar-refractivity contribution in [3.05, 3.63) is 59.7 Å². The molecule has 0 unspecified atom stereocenters. The Morgan fingerprint density at radius 2 is 1.74 bits per heavy atom. The molecule has 31 heavy (non-hydrogen) atoms. The van der Waals surface area contributed by atoms with Crippen LogP contribution in [0.1, 0.15) is 59.7 Å². The lowest BCUT2D eigenvalue weighted by atomic mass is 10.2. The van der Waals surface area contributed by atoms with Crippen LogP contribution in [0.25, 0.3) is 0 Å². The van der Waals surface area contributed by atoms with Crippen molar-refractivity contribution in [2.75, 3.05) is 25.0 Å². The largest absolute Gasteiger partial charge is 0.493 e. The predicted molar refractivity (Wildman–Crippen MR) is 127 cm³/mol. The smallest absolute Gasteiger partial charge is 0.261 e. The number of hydrogen-bond donors (Lipinski definition) is 2. The zero-order valence-electron chi connectivity index (χ0n) is 17.9. The number of benzene rings is 2. The van der Waals surface area contributed by atoms with E-state index in [0.29, 0.717) is 29.2 Å². The molecule has 0 saturated carbocycles. The zero-order valence-corrected chi connectivity index (χ0v) is 18.7. The Hall–Kier alpha value is -2.93. The number of para-hydroxylation sites is 1. The molecule has 6 nitrogen and oxygen atoms in total. The van der Waals surface area contributed by atoms with Gasteiger partial charge >= 0.3 is 0 Å². The van der Waals surface area contributed by atoms with Crippen LogP contribution >= 0.6 is 12.2 Å². The quantitative estimate of drug-likeness (QED) is 0.464. The number of unbranched alkanes of at least 4 members (excludes halogenated alkanes) is 2. The number of nitrogens with one attached hydrogen (secondary N) is 2. The summed E-state index contributed by atoms with van der Waals surface area (Å²) in [4.78, 5) is 27.0. The maximum atomic E-state index is 12.7. The van der Waals surface area contributed by atoms with Gasteiger partial charge in [0.05, 0.1) is 12.2 Å². The van der Waals surface area contributed by atoms with E-state index in [0.717, 1.165) is 45.2 Å². The van der Waals surface area contributed by atoms with E-state index >= 15 is 0 Å². The normalized spacial score (nSPS) is 13.0. The summed E-state index contributed by atoms with van der Waals surface area (Å²) in [6.45, 7) is 4.34. The van der Waals surface area contributed by atoms with Crippen molar-refractivity contribution in [3.63, 3.8) is 0 Å². The van der Waals surface area contributed by atoms with Gasteiger partial charge in [0.25, 0.3) is 11.8 Å². The molecule has 164 valence electrons. The van der Waals surface area contributed by atoms with E-state index in [1.807, 2.05) is 11.0 Å². The van der Waals surface area contributed by atoms with E-state index in [-0.39, 0.29) is 16.9 Å². The summed E-state index contributed by atoms with van der Waals surface area (Å²) < 4.78 is 5.78. The average Bonchev–Trinajstić information content (AvgIpc) is 3.32. The van der Waals surface area contributed by atoms with Gasteiger partial charge in [0.2, 0.25) is 0 Å². The number of ether oxygens (including phenoxy) is 1. The highest BCUT2D eigenvalue weighted by Crippen LogP contribution is 2.19. The van der Waals surface area contributed by atoms with Gasteiger partial charge in [-0.1, -0.05) is 31.9 Å². The molecule has 0 aliphatic carbocycles. The summed E-state index contributed by atoms with van der Waals surface area (Å²) in [5, 5.41) is 5.87. The molecule has 0 radical (unpaired) electrons. The van der Waals surface area contributed by atoms with Crippen LogP contribution in [0.4, 0.5) is 5.69 Å². The van der Waals surface area contributed by atoms with E-state index in [9.17, 15) is 9.59 Å². The van der Waals surface area contributed by atoms with E-state index in [1.54, 1.807) is 42.5 Å². The average molecular weight is 440 g/mol. The molecule has 3 rings (SSSR count). The van der Waals surface area contributed by atoms with Gasteiger partial charge in [-0.2, -0.15) is 0 Å². The van der Waals surface area contributed by atoms with Gasteiger partial charge < -0.3 is 15.0 Å². The number of likely N-dealkylation sites (tertiary alicyclic amines) is 1. The Balaban J connectivity index is 1.54. The van der Waals surface area contributed by atoms with E-state index in [1.165, 1.54) is 0 Å². The summed E-state index contributed by atoms with van der Waals surface area (Å²) in [7, 11) is 0. The highest BCUT2D eigenvalue weighted by Gasteiger charge is 2.19. The first kappa shape index (κ1) is 22.7. The predicted octanol–water partition coefficient (Wildman–Crippen LogP) is 4.62. The van der Waals surface area contributed by atoms with Crippen LogP contribution in [0.15, 0.2) is 48.5 Å². The molecule has 0 spiro atoms. The van der Waals surface area contributed by atoms with Crippen LogP contribution < -0.4 is 15.4 Å². The van der Waals surface area contributed by atoms with Crippen LogP contribution in [0, 0.1) is 0 Å². The number of hydrogen-bond acceptors (Lipinski definition) is 4. The molecule has 2 aromatic rings. The van der Waals surface area contributed by atoms with Gasteiger partial charge in [0, 0.05) is 24.3 Å².